The van der Waals surface area contributed by atoms with Gasteiger partial charge in [-0.05, 0) is 16.7 Å². The van der Waals surface area contributed by atoms with E-state index in [9.17, 15) is 9.59 Å². The van der Waals surface area contributed by atoms with Gasteiger partial charge in [-0.25, -0.2) is 4.79 Å². The van der Waals surface area contributed by atoms with Crippen molar-refractivity contribution in [1.82, 2.24) is 9.80 Å². The molecule has 0 radical (unpaired) electrons. The Balaban J connectivity index is 1.56. The molecule has 130 valence electrons. The van der Waals surface area contributed by atoms with Gasteiger partial charge in [-0.15, -0.1) is 0 Å². The number of carbonyl (C=O) groups excluding carboxylic acids is 2. The second-order valence-electron chi connectivity index (χ2n) is 6.08. The normalized spacial score (nSPS) is 14.3. The van der Waals surface area contributed by atoms with Crippen LogP contribution in [0.1, 0.15) is 5.56 Å². The summed E-state index contributed by atoms with van der Waals surface area (Å²) in [4.78, 5) is 27.4. The van der Waals surface area contributed by atoms with Crippen LogP contribution in [0.4, 0.5) is 4.79 Å². The second kappa shape index (κ2) is 7.83. The number of nitrogens with zero attached hydrogens (tertiary/aromatic N) is 2. The third-order valence-corrected chi connectivity index (χ3v) is 4.48. The standard InChI is InChI=1S/C20H22N2O3/c1-25-20(24)22-13-11-21(12-14-22)19(23)15-16-7-9-18(10-8-16)17-5-3-2-4-6-17/h2-10H,11-15H2,1H3. The number of ether oxygens (including phenoxy) is 1. The molecule has 0 aliphatic carbocycles. The predicted octanol–water partition coefficient (Wildman–Crippen LogP) is 2.81. The summed E-state index contributed by atoms with van der Waals surface area (Å²) in [6, 6.07) is 18.3. The van der Waals surface area contributed by atoms with E-state index in [1.54, 1.807) is 4.90 Å². The van der Waals surface area contributed by atoms with Crippen LogP contribution in [0.2, 0.25) is 0 Å². The summed E-state index contributed by atoms with van der Waals surface area (Å²) < 4.78 is 4.71. The Hall–Kier alpha value is -2.82. The molecule has 2 aromatic carbocycles. The molecule has 0 atom stereocenters. The first-order valence-electron chi connectivity index (χ1n) is 8.42. The Kier molecular flexibility index (Phi) is 5.33. The lowest BCUT2D eigenvalue weighted by molar-refractivity contribution is -0.132. The molecule has 3 rings (SSSR count). The van der Waals surface area contributed by atoms with Crippen molar-refractivity contribution in [2.24, 2.45) is 0 Å². The van der Waals surface area contributed by atoms with Crippen LogP contribution in [0.5, 0.6) is 0 Å². The lowest BCUT2D eigenvalue weighted by Gasteiger charge is -2.33. The van der Waals surface area contributed by atoms with Crippen LogP contribution in [0.15, 0.2) is 54.6 Å². The van der Waals surface area contributed by atoms with Crippen LogP contribution >= 0.6 is 0 Å². The lowest BCUT2D eigenvalue weighted by Crippen LogP contribution is -2.50. The molecule has 5 nitrogen and oxygen atoms in total. The van der Waals surface area contributed by atoms with Gasteiger partial charge in [0.2, 0.25) is 5.91 Å². The van der Waals surface area contributed by atoms with Crippen molar-refractivity contribution in [3.63, 3.8) is 0 Å². The van der Waals surface area contributed by atoms with Crippen LogP contribution in [0, 0.1) is 0 Å². The predicted molar refractivity (Wildman–Crippen MR) is 96.1 cm³/mol. The van der Waals surface area contributed by atoms with Crippen molar-refractivity contribution >= 4 is 12.0 Å². The second-order valence-corrected chi connectivity index (χ2v) is 6.08. The third-order valence-electron chi connectivity index (χ3n) is 4.48. The van der Waals surface area contributed by atoms with E-state index in [1.165, 1.54) is 12.7 Å². The van der Waals surface area contributed by atoms with E-state index < -0.39 is 0 Å². The largest absolute Gasteiger partial charge is 0.453 e. The fourth-order valence-electron chi connectivity index (χ4n) is 3.00. The topological polar surface area (TPSA) is 49.9 Å². The van der Waals surface area contributed by atoms with Crippen LogP contribution < -0.4 is 0 Å². The van der Waals surface area contributed by atoms with Gasteiger partial charge in [-0.3, -0.25) is 4.79 Å². The lowest BCUT2D eigenvalue weighted by atomic mass is 10.0. The average Bonchev–Trinajstić information content (AvgIpc) is 2.68. The number of hydrogen-bond acceptors (Lipinski definition) is 3. The Morgan fingerprint density at radius 1 is 0.840 bits per heavy atom. The fraction of sp³-hybridized carbons (Fsp3) is 0.300. The molecule has 1 aliphatic heterocycles. The van der Waals surface area contributed by atoms with Crippen LogP contribution in [0.25, 0.3) is 11.1 Å². The van der Waals surface area contributed by atoms with Gasteiger partial charge in [0.15, 0.2) is 0 Å². The Morgan fingerprint density at radius 3 is 2.00 bits per heavy atom. The van der Waals surface area contributed by atoms with Gasteiger partial charge in [0.1, 0.15) is 0 Å². The molecule has 0 N–H and O–H groups in total. The molecule has 0 saturated carbocycles. The maximum absolute atomic E-state index is 12.5. The summed E-state index contributed by atoms with van der Waals surface area (Å²) in [5.74, 6) is 0.0944. The zero-order valence-electron chi connectivity index (χ0n) is 14.4. The molecular formula is C20H22N2O3. The molecule has 1 aliphatic rings. The molecule has 0 unspecified atom stereocenters. The van der Waals surface area contributed by atoms with Gasteiger partial charge in [-0.1, -0.05) is 54.6 Å². The quantitative estimate of drug-likeness (QED) is 0.865. The highest BCUT2D eigenvalue weighted by atomic mass is 16.5. The smallest absolute Gasteiger partial charge is 0.409 e. The van der Waals surface area contributed by atoms with Gasteiger partial charge >= 0.3 is 6.09 Å². The van der Waals surface area contributed by atoms with E-state index in [1.807, 2.05) is 47.4 Å². The first kappa shape index (κ1) is 17.0. The van der Waals surface area contributed by atoms with Crippen molar-refractivity contribution in [1.29, 1.82) is 0 Å². The molecule has 0 bridgehead atoms. The van der Waals surface area contributed by atoms with Crippen LogP contribution in [-0.4, -0.2) is 55.1 Å². The third kappa shape index (κ3) is 4.18. The van der Waals surface area contributed by atoms with Crippen LogP contribution in [0.3, 0.4) is 0 Å². The van der Waals surface area contributed by atoms with Crippen molar-refractivity contribution in [3.05, 3.63) is 60.2 Å². The summed E-state index contributed by atoms with van der Waals surface area (Å²) in [6.45, 7) is 2.14. The molecule has 5 heteroatoms. The van der Waals surface area contributed by atoms with Gasteiger partial charge in [-0.2, -0.15) is 0 Å². The molecule has 1 heterocycles. The SMILES string of the molecule is COC(=O)N1CCN(C(=O)Cc2ccc(-c3ccccc3)cc2)CC1. The van der Waals surface area contributed by atoms with E-state index >= 15 is 0 Å². The van der Waals surface area contributed by atoms with Crippen molar-refractivity contribution < 1.29 is 14.3 Å². The number of carbonyl (C=O) groups is 2. The molecular weight excluding hydrogens is 316 g/mol. The van der Waals surface area contributed by atoms with Gasteiger partial charge in [0.25, 0.3) is 0 Å². The summed E-state index contributed by atoms with van der Waals surface area (Å²) in [5, 5.41) is 0. The number of amides is 2. The minimum Gasteiger partial charge on any atom is -0.453 e. The van der Waals surface area contributed by atoms with E-state index in [2.05, 4.69) is 12.1 Å². The number of hydrogen-bond donors (Lipinski definition) is 0. The summed E-state index contributed by atoms with van der Waals surface area (Å²) in [6.07, 6.45) is 0.0522. The highest BCUT2D eigenvalue weighted by molar-refractivity contribution is 5.79. The van der Waals surface area contributed by atoms with E-state index in [4.69, 9.17) is 4.74 Å². The highest BCUT2D eigenvalue weighted by Crippen LogP contribution is 2.19. The molecule has 0 spiro atoms. The van der Waals surface area contributed by atoms with Gasteiger partial charge < -0.3 is 14.5 Å². The number of benzene rings is 2. The molecule has 2 aromatic rings. The highest BCUT2D eigenvalue weighted by Gasteiger charge is 2.24. The van der Waals surface area contributed by atoms with E-state index in [-0.39, 0.29) is 12.0 Å². The van der Waals surface area contributed by atoms with E-state index in [0.29, 0.717) is 32.6 Å². The first-order chi connectivity index (χ1) is 12.2. The zero-order chi connectivity index (χ0) is 17.6. The van der Waals surface area contributed by atoms with Crippen molar-refractivity contribution in [2.75, 3.05) is 33.3 Å². The summed E-state index contributed by atoms with van der Waals surface area (Å²) >= 11 is 0. The summed E-state index contributed by atoms with van der Waals surface area (Å²) in [5.41, 5.74) is 3.31. The molecule has 0 aromatic heterocycles. The fourth-order valence-corrected chi connectivity index (χ4v) is 3.00. The molecule has 1 saturated heterocycles. The maximum atomic E-state index is 12.5. The summed E-state index contributed by atoms with van der Waals surface area (Å²) in [7, 11) is 1.37. The minimum absolute atomic E-state index is 0.0944. The van der Waals surface area contributed by atoms with Crippen molar-refractivity contribution in [2.45, 2.75) is 6.42 Å². The minimum atomic E-state index is -0.330. The Morgan fingerprint density at radius 2 is 1.40 bits per heavy atom. The number of methoxy groups -OCH3 is 1. The maximum Gasteiger partial charge on any atom is 0.409 e. The van der Waals surface area contributed by atoms with Crippen LogP contribution in [-0.2, 0) is 16.0 Å². The monoisotopic (exact) mass is 338 g/mol. The Bertz CT molecular complexity index is 720. The van der Waals surface area contributed by atoms with E-state index in [0.717, 1.165) is 11.1 Å². The first-order valence-corrected chi connectivity index (χ1v) is 8.42. The zero-order valence-corrected chi connectivity index (χ0v) is 14.4. The molecule has 25 heavy (non-hydrogen) atoms. The number of rotatable bonds is 3. The molecule has 2 amide bonds. The average molecular weight is 338 g/mol. The van der Waals surface area contributed by atoms with Gasteiger partial charge in [0.05, 0.1) is 13.5 Å². The Labute approximate surface area is 147 Å². The van der Waals surface area contributed by atoms with Gasteiger partial charge in [0, 0.05) is 26.2 Å². The molecule has 1 fully saturated rings. The number of piperazine rings is 1. The van der Waals surface area contributed by atoms with Crippen molar-refractivity contribution in [3.8, 4) is 11.1 Å².